The van der Waals surface area contributed by atoms with Crippen molar-refractivity contribution in [1.82, 2.24) is 20.9 Å². The highest BCUT2D eigenvalue weighted by Crippen LogP contribution is 2.21. The zero-order chi connectivity index (χ0) is 30.9. The standard InChI is InChI=1S/C32H43FN4O5/c1-6-21(2)27-31(40)37(5)28(32(3,4)41)30(39)36-25(20-22-13-15-24(33)16-14-22)29(38)35-17-9-11-23-10-7-8-12-26(23)42-19-18-34-27/h7-16,21,25,27-28,34,41H,6,17-20H2,1-5H3,(H,35,38)(H,36,39)/t21?,25-,27+,28-/m1/s1. The van der Waals surface area contributed by atoms with Gasteiger partial charge >= 0.3 is 0 Å². The fraction of sp³-hybridized carbons (Fsp3) is 0.469. The maximum absolute atomic E-state index is 13.8. The van der Waals surface area contributed by atoms with Gasteiger partial charge in [-0.15, -0.1) is 0 Å². The van der Waals surface area contributed by atoms with E-state index < -0.39 is 41.4 Å². The summed E-state index contributed by atoms with van der Waals surface area (Å²) in [6.45, 7) is 7.66. The molecule has 228 valence electrons. The number of ether oxygens (including phenoxy) is 1. The second-order valence-corrected chi connectivity index (χ2v) is 11.2. The first-order valence-electron chi connectivity index (χ1n) is 14.4. The third-order valence-electron chi connectivity index (χ3n) is 7.45. The van der Waals surface area contributed by atoms with Crippen LogP contribution < -0.4 is 20.7 Å². The number of nitrogens with zero attached hydrogens (tertiary/aromatic N) is 1. The second kappa shape index (κ2) is 14.9. The van der Waals surface area contributed by atoms with E-state index >= 15 is 0 Å². The molecule has 1 unspecified atom stereocenters. The number of carbonyl (C=O) groups is 3. The topological polar surface area (TPSA) is 120 Å². The third kappa shape index (κ3) is 8.87. The smallest absolute Gasteiger partial charge is 0.246 e. The number of nitrogens with one attached hydrogen (secondary N) is 3. The Labute approximate surface area is 247 Å². The van der Waals surface area contributed by atoms with Crippen molar-refractivity contribution in [3.05, 3.63) is 71.6 Å². The first kappa shape index (κ1) is 32.8. The molecule has 0 aliphatic carbocycles. The molecular formula is C32H43FN4O5. The Balaban J connectivity index is 1.99. The lowest BCUT2D eigenvalue weighted by atomic mass is 9.92. The first-order valence-corrected chi connectivity index (χ1v) is 14.4. The molecule has 1 heterocycles. The maximum atomic E-state index is 13.8. The summed E-state index contributed by atoms with van der Waals surface area (Å²) in [5.74, 6) is -1.35. The number of rotatable bonds is 5. The molecule has 4 N–H and O–H groups in total. The molecule has 0 bridgehead atoms. The van der Waals surface area contributed by atoms with Crippen LogP contribution in [0.2, 0.25) is 0 Å². The summed E-state index contributed by atoms with van der Waals surface area (Å²) in [7, 11) is 1.48. The second-order valence-electron chi connectivity index (χ2n) is 11.2. The van der Waals surface area contributed by atoms with Crippen LogP contribution in [0.3, 0.4) is 0 Å². The molecule has 10 heteroatoms. The molecule has 9 nitrogen and oxygen atoms in total. The molecule has 0 radical (unpaired) electrons. The number of amides is 3. The van der Waals surface area contributed by atoms with Gasteiger partial charge in [-0.1, -0.05) is 62.8 Å². The Hall–Kier alpha value is -3.76. The first-order chi connectivity index (χ1) is 19.9. The lowest BCUT2D eigenvalue weighted by Gasteiger charge is -2.39. The molecule has 0 fully saturated rings. The van der Waals surface area contributed by atoms with E-state index in [9.17, 15) is 23.9 Å². The van der Waals surface area contributed by atoms with Crippen LogP contribution in [0.1, 0.15) is 45.2 Å². The number of carbonyl (C=O) groups excluding carboxylic acids is 3. The van der Waals surface area contributed by atoms with E-state index in [-0.39, 0.29) is 24.8 Å². The van der Waals surface area contributed by atoms with Crippen LogP contribution in [0.5, 0.6) is 5.75 Å². The molecule has 3 rings (SSSR count). The number of fused-ring (bicyclic) bond motifs is 1. The lowest BCUT2D eigenvalue weighted by Crippen LogP contribution is -2.63. The number of benzene rings is 2. The largest absolute Gasteiger partial charge is 0.492 e. The Morgan fingerprint density at radius 1 is 1.10 bits per heavy atom. The molecule has 0 aromatic heterocycles. The average molecular weight is 583 g/mol. The molecule has 1 aliphatic heterocycles. The molecule has 0 saturated carbocycles. The minimum absolute atomic E-state index is 0.0749. The molecule has 1 aliphatic rings. The molecule has 0 saturated heterocycles. The summed E-state index contributed by atoms with van der Waals surface area (Å²) < 4.78 is 19.5. The number of likely N-dealkylation sites (N-methyl/N-ethyl adjacent to an activating group) is 1. The van der Waals surface area contributed by atoms with Gasteiger partial charge < -0.3 is 30.7 Å². The van der Waals surface area contributed by atoms with Gasteiger partial charge in [0.15, 0.2) is 0 Å². The van der Waals surface area contributed by atoms with Crippen LogP contribution in [-0.2, 0) is 20.8 Å². The molecule has 42 heavy (non-hydrogen) atoms. The molecular weight excluding hydrogens is 539 g/mol. The van der Waals surface area contributed by atoms with Crippen molar-refractivity contribution in [3.8, 4) is 5.75 Å². The minimum atomic E-state index is -1.64. The van der Waals surface area contributed by atoms with Crippen LogP contribution >= 0.6 is 0 Å². The molecule has 2 aromatic carbocycles. The van der Waals surface area contributed by atoms with E-state index in [1.807, 2.05) is 44.2 Å². The molecule has 2 aromatic rings. The van der Waals surface area contributed by atoms with Gasteiger partial charge in [-0.3, -0.25) is 14.4 Å². The van der Waals surface area contributed by atoms with E-state index in [2.05, 4.69) is 16.0 Å². The van der Waals surface area contributed by atoms with Crippen molar-refractivity contribution in [3.63, 3.8) is 0 Å². The summed E-state index contributed by atoms with van der Waals surface area (Å²) in [6.07, 6.45) is 4.39. The van der Waals surface area contributed by atoms with Crippen LogP contribution in [0.4, 0.5) is 4.39 Å². The average Bonchev–Trinajstić information content (AvgIpc) is 2.94. The summed E-state index contributed by atoms with van der Waals surface area (Å²) >= 11 is 0. The van der Waals surface area contributed by atoms with Gasteiger partial charge in [-0.2, -0.15) is 0 Å². The van der Waals surface area contributed by atoms with E-state index in [0.29, 0.717) is 30.9 Å². The highest BCUT2D eigenvalue weighted by Gasteiger charge is 2.42. The molecule has 3 amide bonds. The van der Waals surface area contributed by atoms with Gasteiger partial charge in [0, 0.05) is 32.1 Å². The summed E-state index contributed by atoms with van der Waals surface area (Å²) in [5.41, 5.74) is -0.181. The fourth-order valence-electron chi connectivity index (χ4n) is 4.99. The quantitative estimate of drug-likeness (QED) is 0.431. The zero-order valence-corrected chi connectivity index (χ0v) is 25.0. The van der Waals surface area contributed by atoms with Crippen molar-refractivity contribution >= 4 is 23.8 Å². The maximum Gasteiger partial charge on any atom is 0.246 e. The monoisotopic (exact) mass is 582 g/mol. The number of hydrogen-bond donors (Lipinski definition) is 4. The fourth-order valence-corrected chi connectivity index (χ4v) is 4.99. The zero-order valence-electron chi connectivity index (χ0n) is 25.0. The molecule has 0 spiro atoms. The predicted molar refractivity (Wildman–Crippen MR) is 160 cm³/mol. The van der Waals surface area contributed by atoms with Crippen molar-refractivity contribution < 1.29 is 28.6 Å². The van der Waals surface area contributed by atoms with Gasteiger partial charge in [0.05, 0.1) is 11.6 Å². The Kier molecular flexibility index (Phi) is 11.6. The van der Waals surface area contributed by atoms with Crippen molar-refractivity contribution in [1.29, 1.82) is 0 Å². The van der Waals surface area contributed by atoms with Crippen LogP contribution in [-0.4, -0.2) is 78.2 Å². The van der Waals surface area contributed by atoms with Gasteiger partial charge in [0.1, 0.15) is 30.3 Å². The van der Waals surface area contributed by atoms with E-state index in [1.165, 1.54) is 37.9 Å². The number of para-hydroxylation sites is 1. The lowest BCUT2D eigenvalue weighted by molar-refractivity contribution is -0.150. The van der Waals surface area contributed by atoms with Gasteiger partial charge in [0.2, 0.25) is 17.7 Å². The Bertz CT molecular complexity index is 1240. The summed E-state index contributed by atoms with van der Waals surface area (Å²) in [6, 6.07) is 10.2. The number of halogens is 1. The highest BCUT2D eigenvalue weighted by atomic mass is 19.1. The van der Waals surface area contributed by atoms with Gasteiger partial charge in [-0.25, -0.2) is 4.39 Å². The van der Waals surface area contributed by atoms with Crippen molar-refractivity contribution in [2.24, 2.45) is 5.92 Å². The van der Waals surface area contributed by atoms with E-state index in [4.69, 9.17) is 4.74 Å². The van der Waals surface area contributed by atoms with E-state index in [0.717, 1.165) is 5.56 Å². The summed E-state index contributed by atoms with van der Waals surface area (Å²) in [5, 5.41) is 19.9. The Morgan fingerprint density at radius 3 is 2.45 bits per heavy atom. The van der Waals surface area contributed by atoms with Crippen LogP contribution in [0.25, 0.3) is 6.08 Å². The van der Waals surface area contributed by atoms with Gasteiger partial charge in [0.25, 0.3) is 0 Å². The van der Waals surface area contributed by atoms with Crippen LogP contribution in [0.15, 0.2) is 54.6 Å². The number of hydrogen-bond acceptors (Lipinski definition) is 6. The predicted octanol–water partition coefficient (Wildman–Crippen LogP) is 2.68. The highest BCUT2D eigenvalue weighted by molar-refractivity contribution is 5.94. The van der Waals surface area contributed by atoms with Crippen molar-refractivity contribution in [2.45, 2.75) is 64.3 Å². The van der Waals surface area contributed by atoms with Gasteiger partial charge in [-0.05, 0) is 43.5 Å². The van der Waals surface area contributed by atoms with Crippen LogP contribution in [0, 0.1) is 11.7 Å². The normalized spacial score (nSPS) is 22.2. The van der Waals surface area contributed by atoms with E-state index in [1.54, 1.807) is 18.2 Å². The summed E-state index contributed by atoms with van der Waals surface area (Å²) in [4.78, 5) is 42.1. The SMILES string of the molecule is CCC(C)[C@@H]1NCCOc2ccccc2C=CCNC(=O)[C@@H](Cc2ccc(F)cc2)NC(=O)[C@H](C(C)(C)O)N(C)C1=O. The number of aliphatic hydroxyl groups is 1. The third-order valence-corrected chi connectivity index (χ3v) is 7.45. The molecule has 4 atom stereocenters. The minimum Gasteiger partial charge on any atom is -0.492 e. The Morgan fingerprint density at radius 2 is 1.79 bits per heavy atom. The van der Waals surface area contributed by atoms with Crippen molar-refractivity contribution in [2.75, 3.05) is 26.7 Å².